The number of thiocarbonyl (C=S) groups is 1. The number of piperidine rings is 1. The van der Waals surface area contributed by atoms with Crippen molar-refractivity contribution in [1.82, 2.24) is 4.90 Å². The van der Waals surface area contributed by atoms with Crippen molar-refractivity contribution in [3.63, 3.8) is 0 Å². The van der Waals surface area contributed by atoms with Crippen molar-refractivity contribution in [3.8, 4) is 0 Å². The lowest BCUT2D eigenvalue weighted by Gasteiger charge is -2.53. The number of hydrogen-bond donors (Lipinski definition) is 1. The molecule has 68 valence electrons. The van der Waals surface area contributed by atoms with Crippen molar-refractivity contribution >= 4 is 17.2 Å². The van der Waals surface area contributed by atoms with Gasteiger partial charge in [-0.3, -0.25) is 0 Å². The Hall–Kier alpha value is -0.150. The van der Waals surface area contributed by atoms with Gasteiger partial charge in [0.1, 0.15) is 0 Å². The summed E-state index contributed by atoms with van der Waals surface area (Å²) >= 11 is 5.25. The van der Waals surface area contributed by atoms with Gasteiger partial charge in [-0.25, -0.2) is 0 Å². The molecule has 2 aliphatic rings. The third kappa shape index (κ3) is 1.07. The lowest BCUT2D eigenvalue weighted by molar-refractivity contribution is 0.0429. The molecule has 1 N–H and O–H groups in total. The highest BCUT2D eigenvalue weighted by molar-refractivity contribution is 7.80. The van der Waals surface area contributed by atoms with Gasteiger partial charge in [0.2, 0.25) is 0 Å². The van der Waals surface area contributed by atoms with Gasteiger partial charge < -0.3 is 10.0 Å². The quantitative estimate of drug-likeness (QED) is 0.621. The zero-order valence-electron chi connectivity index (χ0n) is 7.36. The van der Waals surface area contributed by atoms with E-state index >= 15 is 0 Å². The summed E-state index contributed by atoms with van der Waals surface area (Å²) in [6, 6.07) is 0.561. The van der Waals surface area contributed by atoms with Gasteiger partial charge in [-0.2, -0.15) is 0 Å². The van der Waals surface area contributed by atoms with E-state index in [9.17, 15) is 5.11 Å². The monoisotopic (exact) mass is 185 g/mol. The molecule has 0 unspecified atom stereocenters. The second kappa shape index (κ2) is 2.96. The maximum atomic E-state index is 9.47. The Morgan fingerprint density at radius 1 is 1.58 bits per heavy atom. The Balaban J connectivity index is 2.05. The molecule has 0 amide bonds. The summed E-state index contributed by atoms with van der Waals surface area (Å²) in [5.74, 6) is 0.278. The van der Waals surface area contributed by atoms with Crippen molar-refractivity contribution in [2.75, 3.05) is 6.54 Å². The smallest absolute Gasteiger partial charge is 0.0860 e. The Bertz CT molecular complexity index is 205. The van der Waals surface area contributed by atoms with E-state index in [1.807, 2.05) is 6.92 Å². The highest BCUT2D eigenvalue weighted by atomic mass is 32.1. The number of rotatable bonds is 1. The summed E-state index contributed by atoms with van der Waals surface area (Å²) in [6.45, 7) is 2.97. The molecule has 2 heterocycles. The summed E-state index contributed by atoms with van der Waals surface area (Å²) in [5, 5.41) is 9.47. The maximum Gasteiger partial charge on any atom is 0.0860 e. The van der Waals surface area contributed by atoms with Crippen molar-refractivity contribution in [1.29, 1.82) is 0 Å². The molecular formula is C9H15NOS. The van der Waals surface area contributed by atoms with E-state index < -0.39 is 0 Å². The molecule has 3 heteroatoms. The third-order valence-electron chi connectivity index (χ3n) is 3.05. The molecule has 0 aromatic rings. The van der Waals surface area contributed by atoms with E-state index in [1.54, 1.807) is 0 Å². The minimum atomic E-state index is -0.253. The zero-order chi connectivity index (χ0) is 8.72. The lowest BCUT2D eigenvalue weighted by atomic mass is 9.79. The van der Waals surface area contributed by atoms with Crippen LogP contribution in [0.2, 0.25) is 0 Å². The molecule has 12 heavy (non-hydrogen) atoms. The third-order valence-corrected chi connectivity index (χ3v) is 3.56. The maximum absolute atomic E-state index is 9.47. The molecule has 2 nitrogen and oxygen atoms in total. The molecule has 2 aliphatic heterocycles. The normalized spacial score (nSPS) is 37.2. The second-order valence-corrected chi connectivity index (χ2v) is 4.28. The Morgan fingerprint density at radius 3 is 3.00 bits per heavy atom. The van der Waals surface area contributed by atoms with E-state index in [4.69, 9.17) is 12.2 Å². The van der Waals surface area contributed by atoms with Crippen LogP contribution in [0.25, 0.3) is 0 Å². The number of fused-ring (bicyclic) bond motifs is 1. The molecule has 0 bridgehead atoms. The van der Waals surface area contributed by atoms with Gasteiger partial charge in [-0.1, -0.05) is 12.2 Å². The van der Waals surface area contributed by atoms with E-state index in [0.717, 1.165) is 11.5 Å². The molecule has 0 spiro atoms. The summed E-state index contributed by atoms with van der Waals surface area (Å²) in [4.78, 5) is 3.28. The molecule has 2 rings (SSSR count). The minimum Gasteiger partial charge on any atom is -0.393 e. The van der Waals surface area contributed by atoms with Crippen LogP contribution in [0.1, 0.15) is 26.2 Å². The predicted molar refractivity (Wildman–Crippen MR) is 52.1 cm³/mol. The highest BCUT2D eigenvalue weighted by Gasteiger charge is 2.46. The van der Waals surface area contributed by atoms with Gasteiger partial charge >= 0.3 is 0 Å². The van der Waals surface area contributed by atoms with Crippen molar-refractivity contribution in [2.45, 2.75) is 38.3 Å². The Morgan fingerprint density at radius 2 is 2.33 bits per heavy atom. The van der Waals surface area contributed by atoms with Gasteiger partial charge in [-0.15, -0.1) is 0 Å². The van der Waals surface area contributed by atoms with Crippen LogP contribution < -0.4 is 0 Å². The zero-order valence-corrected chi connectivity index (χ0v) is 8.18. The summed E-state index contributed by atoms with van der Waals surface area (Å²) in [6.07, 6.45) is 3.53. The van der Waals surface area contributed by atoms with Crippen LogP contribution in [0.4, 0.5) is 0 Å². The van der Waals surface area contributed by atoms with E-state index in [-0.39, 0.29) is 12.0 Å². The van der Waals surface area contributed by atoms with Gasteiger partial charge in [0.15, 0.2) is 0 Å². The second-order valence-electron chi connectivity index (χ2n) is 3.86. The summed E-state index contributed by atoms with van der Waals surface area (Å²) in [7, 11) is 0. The van der Waals surface area contributed by atoms with Gasteiger partial charge in [0, 0.05) is 12.6 Å². The average molecular weight is 185 g/mol. The fourth-order valence-corrected chi connectivity index (χ4v) is 2.99. The first-order chi connectivity index (χ1) is 5.72. The molecule has 0 aromatic carbocycles. The largest absolute Gasteiger partial charge is 0.393 e. The highest BCUT2D eigenvalue weighted by Crippen LogP contribution is 2.37. The summed E-state index contributed by atoms with van der Waals surface area (Å²) in [5.41, 5.74) is 0. The topological polar surface area (TPSA) is 23.5 Å². The molecule has 3 atom stereocenters. The Kier molecular flexibility index (Phi) is 2.09. The summed E-state index contributed by atoms with van der Waals surface area (Å²) < 4.78 is 0. The molecule has 2 saturated heterocycles. The number of aliphatic hydroxyl groups excluding tert-OH is 1. The molecule has 0 aromatic heterocycles. The minimum absolute atomic E-state index is 0.253. The first-order valence-electron chi connectivity index (χ1n) is 4.70. The average Bonchev–Trinajstić information content (AvgIpc) is 2.03. The van der Waals surface area contributed by atoms with Gasteiger partial charge in [-0.05, 0) is 26.2 Å². The Labute approximate surface area is 78.6 Å². The number of nitrogens with zero attached hydrogens (tertiary/aromatic N) is 1. The van der Waals surface area contributed by atoms with E-state index in [1.165, 1.54) is 19.3 Å². The van der Waals surface area contributed by atoms with Gasteiger partial charge in [0.05, 0.1) is 17.0 Å². The van der Waals surface area contributed by atoms with Crippen LogP contribution in [0.5, 0.6) is 0 Å². The molecular weight excluding hydrogens is 170 g/mol. The first kappa shape index (κ1) is 8.45. The first-order valence-corrected chi connectivity index (χ1v) is 5.11. The number of aliphatic hydroxyl groups is 1. The standard InChI is InChI=1S/C9H15NOS/c1-6(11)8-7-4-2-3-5-10(7)9(8)12/h6-8,11H,2-5H2,1H3/t6-,7-,8-/m1/s1. The van der Waals surface area contributed by atoms with Crippen LogP contribution in [0.3, 0.4) is 0 Å². The van der Waals surface area contributed by atoms with Crippen LogP contribution >= 0.6 is 12.2 Å². The van der Waals surface area contributed by atoms with Crippen LogP contribution in [-0.4, -0.2) is 33.7 Å². The van der Waals surface area contributed by atoms with Crippen LogP contribution in [0.15, 0.2) is 0 Å². The van der Waals surface area contributed by atoms with Crippen LogP contribution in [-0.2, 0) is 0 Å². The van der Waals surface area contributed by atoms with Crippen molar-refractivity contribution < 1.29 is 5.11 Å². The van der Waals surface area contributed by atoms with E-state index in [0.29, 0.717) is 6.04 Å². The molecule has 0 saturated carbocycles. The SMILES string of the molecule is C[C@@H](O)[C@H]1C(=S)N2CCCC[C@H]12. The van der Waals surface area contributed by atoms with Crippen molar-refractivity contribution in [3.05, 3.63) is 0 Å². The fraction of sp³-hybridized carbons (Fsp3) is 0.889. The van der Waals surface area contributed by atoms with Gasteiger partial charge in [0.25, 0.3) is 0 Å². The lowest BCUT2D eigenvalue weighted by Crippen LogP contribution is -2.64. The van der Waals surface area contributed by atoms with Crippen molar-refractivity contribution in [2.24, 2.45) is 5.92 Å². The molecule has 0 radical (unpaired) electrons. The predicted octanol–water partition coefficient (Wildman–Crippen LogP) is 1.18. The number of hydrogen-bond acceptors (Lipinski definition) is 2. The van der Waals surface area contributed by atoms with Crippen LogP contribution in [0, 0.1) is 5.92 Å². The fourth-order valence-electron chi connectivity index (χ4n) is 2.41. The molecule has 0 aliphatic carbocycles. The molecule has 2 fully saturated rings. The van der Waals surface area contributed by atoms with E-state index in [2.05, 4.69) is 4.90 Å².